The molecule has 1 N–H and O–H groups in total. The van der Waals surface area contributed by atoms with Crippen LogP contribution in [-0.2, 0) is 9.84 Å². The molecule has 1 fully saturated rings. The standard InChI is InChI=1S/C5H9NO2S2/c7-10(8)2-1-5(3-10)6-4-9/h4-5H,1-3H2,(H,6,9). The van der Waals surface area contributed by atoms with Crippen molar-refractivity contribution in [3.8, 4) is 0 Å². The van der Waals surface area contributed by atoms with Crippen molar-refractivity contribution in [1.82, 2.24) is 5.32 Å². The van der Waals surface area contributed by atoms with Gasteiger partial charge >= 0.3 is 0 Å². The molecule has 0 radical (unpaired) electrons. The molecule has 0 spiro atoms. The second-order valence-electron chi connectivity index (χ2n) is 2.38. The fourth-order valence-corrected chi connectivity index (χ4v) is 2.90. The predicted molar refractivity (Wildman–Crippen MR) is 43.8 cm³/mol. The van der Waals surface area contributed by atoms with E-state index in [4.69, 9.17) is 0 Å². The minimum absolute atomic E-state index is 0.0579. The summed E-state index contributed by atoms with van der Waals surface area (Å²) in [6.07, 6.45) is 0.690. The molecule has 0 saturated carbocycles. The molecule has 0 aromatic carbocycles. The maximum atomic E-state index is 10.8. The van der Waals surface area contributed by atoms with Gasteiger partial charge in [-0.25, -0.2) is 8.42 Å². The summed E-state index contributed by atoms with van der Waals surface area (Å²) in [7, 11) is -2.75. The first-order chi connectivity index (χ1) is 4.64. The second-order valence-corrected chi connectivity index (χ2v) is 4.85. The van der Waals surface area contributed by atoms with E-state index in [0.29, 0.717) is 12.2 Å². The summed E-state index contributed by atoms with van der Waals surface area (Å²) in [4.78, 5) is 0. The summed E-state index contributed by atoms with van der Waals surface area (Å²) in [6, 6.07) is 0.0579. The zero-order valence-corrected chi connectivity index (χ0v) is 7.04. The summed E-state index contributed by atoms with van der Waals surface area (Å²) in [5, 5.41) is 2.81. The molecule has 1 atom stereocenters. The Labute approximate surface area is 65.7 Å². The molecule has 1 heterocycles. The van der Waals surface area contributed by atoms with Gasteiger partial charge in [-0.1, -0.05) is 12.2 Å². The van der Waals surface area contributed by atoms with Crippen LogP contribution in [0, 0.1) is 0 Å². The van der Waals surface area contributed by atoms with Gasteiger partial charge in [0.05, 0.1) is 17.0 Å². The van der Waals surface area contributed by atoms with Crippen molar-refractivity contribution < 1.29 is 8.42 Å². The number of rotatable bonds is 2. The van der Waals surface area contributed by atoms with Crippen LogP contribution < -0.4 is 5.32 Å². The molecule has 1 unspecified atom stereocenters. The summed E-state index contributed by atoms with van der Waals surface area (Å²) in [5.41, 5.74) is 1.38. The van der Waals surface area contributed by atoms with Crippen LogP contribution in [0.5, 0.6) is 0 Å². The highest BCUT2D eigenvalue weighted by molar-refractivity contribution is 7.91. The molecule has 1 rings (SSSR count). The quantitative estimate of drug-likeness (QED) is 0.592. The van der Waals surface area contributed by atoms with E-state index in [1.165, 1.54) is 5.49 Å². The number of hydrogen-bond donors (Lipinski definition) is 1. The van der Waals surface area contributed by atoms with Gasteiger partial charge in [0.2, 0.25) is 0 Å². The lowest BCUT2D eigenvalue weighted by molar-refractivity contribution is 0.600. The Morgan fingerprint density at radius 2 is 2.30 bits per heavy atom. The van der Waals surface area contributed by atoms with Crippen molar-refractivity contribution in [1.29, 1.82) is 0 Å². The predicted octanol–water partition coefficient (Wildman–Crippen LogP) is -0.280. The van der Waals surface area contributed by atoms with E-state index in [1.807, 2.05) is 0 Å². The fourth-order valence-electron chi connectivity index (χ4n) is 1.02. The molecule has 3 nitrogen and oxygen atoms in total. The van der Waals surface area contributed by atoms with Crippen LogP contribution in [0.1, 0.15) is 6.42 Å². The summed E-state index contributed by atoms with van der Waals surface area (Å²) in [6.45, 7) is 0. The van der Waals surface area contributed by atoms with Crippen molar-refractivity contribution in [3.05, 3.63) is 0 Å². The third-order valence-electron chi connectivity index (χ3n) is 1.54. The Bertz CT molecular complexity index is 222. The first kappa shape index (κ1) is 7.94. The normalized spacial score (nSPS) is 29.8. The highest BCUT2D eigenvalue weighted by atomic mass is 32.2. The monoisotopic (exact) mass is 179 g/mol. The van der Waals surface area contributed by atoms with Gasteiger partial charge in [0.25, 0.3) is 0 Å². The van der Waals surface area contributed by atoms with Crippen molar-refractivity contribution >= 4 is 27.5 Å². The van der Waals surface area contributed by atoms with Crippen molar-refractivity contribution in [2.75, 3.05) is 11.5 Å². The number of hydrogen-bond acceptors (Lipinski definition) is 3. The molecule has 1 aliphatic heterocycles. The van der Waals surface area contributed by atoms with Gasteiger partial charge in [-0.15, -0.1) is 0 Å². The molecule has 1 saturated heterocycles. The van der Waals surface area contributed by atoms with Crippen molar-refractivity contribution in [2.45, 2.75) is 12.5 Å². The van der Waals surface area contributed by atoms with Crippen LogP contribution in [0.25, 0.3) is 0 Å². The number of thiocarbonyl (C=S) groups is 1. The molecule has 5 heteroatoms. The minimum atomic E-state index is -2.75. The van der Waals surface area contributed by atoms with E-state index >= 15 is 0 Å². The van der Waals surface area contributed by atoms with Crippen LogP contribution in [0.4, 0.5) is 0 Å². The van der Waals surface area contributed by atoms with E-state index in [0.717, 1.165) is 0 Å². The van der Waals surface area contributed by atoms with E-state index in [-0.39, 0.29) is 11.8 Å². The molecule has 58 valence electrons. The van der Waals surface area contributed by atoms with Gasteiger partial charge < -0.3 is 5.32 Å². The van der Waals surface area contributed by atoms with Crippen LogP contribution in [0.2, 0.25) is 0 Å². The molecular weight excluding hydrogens is 170 g/mol. The Morgan fingerprint density at radius 1 is 1.60 bits per heavy atom. The van der Waals surface area contributed by atoms with Gasteiger partial charge in [-0.05, 0) is 6.42 Å². The lowest BCUT2D eigenvalue weighted by Crippen LogP contribution is -2.27. The molecule has 1 aliphatic rings. The molecular formula is C5H9NO2S2. The SMILES string of the molecule is O=S1(=O)CCC(NC=S)C1. The molecule has 0 bridgehead atoms. The van der Waals surface area contributed by atoms with Crippen molar-refractivity contribution in [2.24, 2.45) is 0 Å². The van der Waals surface area contributed by atoms with Gasteiger partial charge in [0.1, 0.15) is 0 Å². The molecule has 0 aliphatic carbocycles. The Balaban J connectivity index is 2.51. The van der Waals surface area contributed by atoms with Gasteiger partial charge in [-0.2, -0.15) is 0 Å². The molecule has 0 aromatic heterocycles. The van der Waals surface area contributed by atoms with Crippen LogP contribution in [0.3, 0.4) is 0 Å². The highest BCUT2D eigenvalue weighted by Gasteiger charge is 2.26. The lowest BCUT2D eigenvalue weighted by atomic mass is 10.3. The third-order valence-corrected chi connectivity index (χ3v) is 3.44. The zero-order valence-electron chi connectivity index (χ0n) is 5.41. The van der Waals surface area contributed by atoms with Crippen LogP contribution in [0.15, 0.2) is 0 Å². The smallest absolute Gasteiger partial charge is 0.152 e. The van der Waals surface area contributed by atoms with Gasteiger partial charge in [0.15, 0.2) is 9.84 Å². The maximum absolute atomic E-state index is 10.8. The largest absolute Gasteiger partial charge is 0.378 e. The minimum Gasteiger partial charge on any atom is -0.378 e. The third kappa shape index (κ3) is 1.91. The Kier molecular flexibility index (Phi) is 2.25. The van der Waals surface area contributed by atoms with Gasteiger partial charge in [0, 0.05) is 6.04 Å². The average Bonchev–Trinajstić information content (AvgIpc) is 2.12. The van der Waals surface area contributed by atoms with E-state index < -0.39 is 9.84 Å². The van der Waals surface area contributed by atoms with Crippen LogP contribution >= 0.6 is 12.2 Å². The van der Waals surface area contributed by atoms with Crippen molar-refractivity contribution in [3.63, 3.8) is 0 Å². The first-order valence-electron chi connectivity index (χ1n) is 3.04. The zero-order chi connectivity index (χ0) is 7.61. The Morgan fingerprint density at radius 3 is 2.70 bits per heavy atom. The number of sulfone groups is 1. The summed E-state index contributed by atoms with van der Waals surface area (Å²) >= 11 is 4.53. The Hall–Kier alpha value is -0.160. The van der Waals surface area contributed by atoms with E-state index in [2.05, 4.69) is 17.5 Å². The average molecular weight is 179 g/mol. The number of nitrogens with one attached hydrogen (secondary N) is 1. The van der Waals surface area contributed by atoms with Gasteiger partial charge in [-0.3, -0.25) is 0 Å². The molecule has 10 heavy (non-hydrogen) atoms. The first-order valence-corrected chi connectivity index (χ1v) is 5.33. The molecule has 0 aromatic rings. The fraction of sp³-hybridized carbons (Fsp3) is 0.800. The summed E-state index contributed by atoms with van der Waals surface area (Å²) in [5.74, 6) is 0.536. The molecule has 0 amide bonds. The second kappa shape index (κ2) is 2.84. The van der Waals surface area contributed by atoms with E-state index in [1.54, 1.807) is 0 Å². The topological polar surface area (TPSA) is 46.2 Å². The maximum Gasteiger partial charge on any atom is 0.152 e. The lowest BCUT2D eigenvalue weighted by Gasteiger charge is -2.03. The van der Waals surface area contributed by atoms with E-state index in [9.17, 15) is 8.42 Å². The summed E-state index contributed by atoms with van der Waals surface area (Å²) < 4.78 is 21.7. The van der Waals surface area contributed by atoms with Crippen LogP contribution in [-0.4, -0.2) is 31.5 Å². The highest BCUT2D eigenvalue weighted by Crippen LogP contribution is 2.10.